The van der Waals surface area contributed by atoms with E-state index in [2.05, 4.69) is 26.1 Å². The van der Waals surface area contributed by atoms with E-state index in [9.17, 15) is 0 Å². The lowest BCUT2D eigenvalue weighted by Crippen LogP contribution is -2.25. The van der Waals surface area contributed by atoms with Crippen LogP contribution in [0.1, 0.15) is 32.8 Å². The Morgan fingerprint density at radius 1 is 1.22 bits per heavy atom. The summed E-state index contributed by atoms with van der Waals surface area (Å²) in [5.74, 6) is 0.884. The predicted molar refractivity (Wildman–Crippen MR) is 78.6 cm³/mol. The number of halogens is 1. The Kier molecular flexibility index (Phi) is 5.97. The van der Waals surface area contributed by atoms with Crippen LogP contribution in [0.3, 0.4) is 0 Å². The molecule has 1 rings (SSSR count). The van der Waals surface area contributed by atoms with Crippen molar-refractivity contribution < 1.29 is 4.74 Å². The molecule has 18 heavy (non-hydrogen) atoms. The zero-order chi connectivity index (χ0) is 13.6. The maximum atomic E-state index is 5.96. The second-order valence-corrected chi connectivity index (χ2v) is 6.23. The van der Waals surface area contributed by atoms with Gasteiger partial charge in [-0.25, -0.2) is 0 Å². The Hall–Kier alpha value is -0.730. The van der Waals surface area contributed by atoms with Crippen molar-refractivity contribution in [2.45, 2.75) is 34.1 Å². The first-order valence-electron chi connectivity index (χ1n) is 6.48. The number of benzene rings is 1. The summed E-state index contributed by atoms with van der Waals surface area (Å²) >= 11 is 5.96. The van der Waals surface area contributed by atoms with Crippen molar-refractivity contribution in [3.05, 3.63) is 28.8 Å². The highest BCUT2D eigenvalue weighted by molar-refractivity contribution is 6.31. The zero-order valence-corrected chi connectivity index (χ0v) is 12.6. The van der Waals surface area contributed by atoms with E-state index in [0.717, 1.165) is 29.4 Å². The standard InChI is InChI=1S/C15H24ClNO/c1-12-11-13(5-6-14(12)16)18-10-9-17-8-7-15(2,3)4/h5-6,11,17H,7-10H2,1-4H3. The molecule has 0 spiro atoms. The van der Waals surface area contributed by atoms with Gasteiger partial charge in [0.05, 0.1) is 0 Å². The Balaban J connectivity index is 2.16. The summed E-state index contributed by atoms with van der Waals surface area (Å²) in [5.41, 5.74) is 1.44. The first-order chi connectivity index (χ1) is 8.38. The zero-order valence-electron chi connectivity index (χ0n) is 11.8. The Morgan fingerprint density at radius 3 is 2.56 bits per heavy atom. The first kappa shape index (κ1) is 15.3. The van der Waals surface area contributed by atoms with Crippen LogP contribution in [0.2, 0.25) is 5.02 Å². The maximum Gasteiger partial charge on any atom is 0.119 e. The highest BCUT2D eigenvalue weighted by Crippen LogP contribution is 2.20. The molecule has 0 aliphatic heterocycles. The Morgan fingerprint density at radius 2 is 1.94 bits per heavy atom. The van der Waals surface area contributed by atoms with Gasteiger partial charge >= 0.3 is 0 Å². The van der Waals surface area contributed by atoms with E-state index in [1.54, 1.807) is 0 Å². The molecule has 0 aliphatic carbocycles. The third kappa shape index (κ3) is 6.27. The SMILES string of the molecule is Cc1cc(OCCNCCC(C)(C)C)ccc1Cl. The van der Waals surface area contributed by atoms with Crippen LogP contribution in [0.25, 0.3) is 0 Å². The fourth-order valence-electron chi connectivity index (χ4n) is 1.54. The predicted octanol–water partition coefficient (Wildman–Crippen LogP) is 4.05. The number of rotatable bonds is 6. The average molecular weight is 270 g/mol. The quantitative estimate of drug-likeness (QED) is 0.787. The molecule has 102 valence electrons. The second-order valence-electron chi connectivity index (χ2n) is 5.82. The van der Waals surface area contributed by atoms with Crippen molar-refractivity contribution in [2.75, 3.05) is 19.7 Å². The Labute approximate surface area is 116 Å². The number of aryl methyl sites for hydroxylation is 1. The summed E-state index contributed by atoms with van der Waals surface area (Å²) < 4.78 is 5.65. The van der Waals surface area contributed by atoms with E-state index in [1.165, 1.54) is 6.42 Å². The fourth-order valence-corrected chi connectivity index (χ4v) is 1.65. The minimum Gasteiger partial charge on any atom is -0.492 e. The van der Waals surface area contributed by atoms with Gasteiger partial charge in [0.1, 0.15) is 12.4 Å². The van der Waals surface area contributed by atoms with Gasteiger partial charge in [-0.2, -0.15) is 0 Å². The molecule has 0 bridgehead atoms. The highest BCUT2D eigenvalue weighted by Gasteiger charge is 2.08. The maximum absolute atomic E-state index is 5.96. The van der Waals surface area contributed by atoms with Crippen LogP contribution < -0.4 is 10.1 Å². The van der Waals surface area contributed by atoms with E-state index < -0.39 is 0 Å². The lowest BCUT2D eigenvalue weighted by Gasteiger charge is -2.18. The smallest absolute Gasteiger partial charge is 0.119 e. The normalized spacial score (nSPS) is 11.6. The van der Waals surface area contributed by atoms with Gasteiger partial charge in [0.2, 0.25) is 0 Å². The number of hydrogen-bond donors (Lipinski definition) is 1. The molecule has 2 nitrogen and oxygen atoms in total. The van der Waals surface area contributed by atoms with Gasteiger partial charge in [-0.05, 0) is 49.1 Å². The van der Waals surface area contributed by atoms with Gasteiger partial charge in [-0.3, -0.25) is 0 Å². The summed E-state index contributed by atoms with van der Waals surface area (Å²) in [6, 6.07) is 5.75. The number of nitrogens with one attached hydrogen (secondary N) is 1. The lowest BCUT2D eigenvalue weighted by atomic mass is 9.92. The number of hydrogen-bond acceptors (Lipinski definition) is 2. The largest absolute Gasteiger partial charge is 0.492 e. The summed E-state index contributed by atoms with van der Waals surface area (Å²) in [6.45, 7) is 11.3. The molecule has 0 fully saturated rings. The van der Waals surface area contributed by atoms with E-state index in [4.69, 9.17) is 16.3 Å². The van der Waals surface area contributed by atoms with Crippen LogP contribution in [-0.4, -0.2) is 19.7 Å². The molecule has 0 aliphatic rings. The van der Waals surface area contributed by atoms with Gasteiger partial charge in [0.15, 0.2) is 0 Å². The van der Waals surface area contributed by atoms with Crippen molar-refractivity contribution in [1.82, 2.24) is 5.32 Å². The van der Waals surface area contributed by atoms with Crippen molar-refractivity contribution in [3.8, 4) is 5.75 Å². The van der Waals surface area contributed by atoms with Crippen LogP contribution in [0.15, 0.2) is 18.2 Å². The fraction of sp³-hybridized carbons (Fsp3) is 0.600. The second kappa shape index (κ2) is 7.01. The van der Waals surface area contributed by atoms with Gasteiger partial charge in [-0.15, -0.1) is 0 Å². The molecule has 0 radical (unpaired) electrons. The van der Waals surface area contributed by atoms with Crippen LogP contribution in [0.5, 0.6) is 5.75 Å². The van der Waals surface area contributed by atoms with Gasteiger partial charge in [0, 0.05) is 11.6 Å². The third-order valence-electron chi connectivity index (χ3n) is 2.73. The van der Waals surface area contributed by atoms with Crippen LogP contribution in [0.4, 0.5) is 0 Å². The van der Waals surface area contributed by atoms with Gasteiger partial charge in [0.25, 0.3) is 0 Å². The van der Waals surface area contributed by atoms with Gasteiger partial charge < -0.3 is 10.1 Å². The first-order valence-corrected chi connectivity index (χ1v) is 6.86. The molecule has 0 unspecified atom stereocenters. The molecule has 1 aromatic carbocycles. The van der Waals surface area contributed by atoms with E-state index in [-0.39, 0.29) is 0 Å². The average Bonchev–Trinajstić information content (AvgIpc) is 2.26. The molecule has 0 heterocycles. The van der Waals surface area contributed by atoms with Crippen molar-refractivity contribution in [1.29, 1.82) is 0 Å². The molecule has 1 aromatic rings. The monoisotopic (exact) mass is 269 g/mol. The van der Waals surface area contributed by atoms with Crippen LogP contribution >= 0.6 is 11.6 Å². The molecule has 3 heteroatoms. The summed E-state index contributed by atoms with van der Waals surface area (Å²) in [4.78, 5) is 0. The summed E-state index contributed by atoms with van der Waals surface area (Å²) in [7, 11) is 0. The van der Waals surface area contributed by atoms with Crippen molar-refractivity contribution in [2.24, 2.45) is 5.41 Å². The van der Waals surface area contributed by atoms with E-state index in [0.29, 0.717) is 12.0 Å². The minimum absolute atomic E-state index is 0.390. The summed E-state index contributed by atoms with van der Waals surface area (Å²) in [5, 5.41) is 4.17. The Bertz CT molecular complexity index is 371. The van der Waals surface area contributed by atoms with E-state index >= 15 is 0 Å². The number of ether oxygens (including phenoxy) is 1. The van der Waals surface area contributed by atoms with Gasteiger partial charge in [-0.1, -0.05) is 32.4 Å². The molecule has 1 N–H and O–H groups in total. The molecule has 0 saturated heterocycles. The molecule has 0 atom stereocenters. The minimum atomic E-state index is 0.390. The topological polar surface area (TPSA) is 21.3 Å². The highest BCUT2D eigenvalue weighted by atomic mass is 35.5. The van der Waals surface area contributed by atoms with Crippen LogP contribution in [0, 0.1) is 12.3 Å². The molecule has 0 amide bonds. The molecular formula is C15H24ClNO. The lowest BCUT2D eigenvalue weighted by molar-refractivity contribution is 0.304. The van der Waals surface area contributed by atoms with Crippen molar-refractivity contribution in [3.63, 3.8) is 0 Å². The van der Waals surface area contributed by atoms with Crippen molar-refractivity contribution >= 4 is 11.6 Å². The van der Waals surface area contributed by atoms with E-state index in [1.807, 2.05) is 25.1 Å². The summed E-state index contributed by atoms with van der Waals surface area (Å²) in [6.07, 6.45) is 1.17. The third-order valence-corrected chi connectivity index (χ3v) is 3.15. The molecule has 0 saturated carbocycles. The molecule has 0 aromatic heterocycles. The van der Waals surface area contributed by atoms with Crippen LogP contribution in [-0.2, 0) is 0 Å². The molecular weight excluding hydrogens is 246 g/mol.